The van der Waals surface area contributed by atoms with Gasteiger partial charge >= 0.3 is 6.18 Å². The van der Waals surface area contributed by atoms with Crippen LogP contribution in [0.25, 0.3) is 5.65 Å². The van der Waals surface area contributed by atoms with Gasteiger partial charge < -0.3 is 9.64 Å². The standard InChI is InChI=1S/C19H19F3N6O/c20-19(21,22)18-24-23-16-3-4-17(25-28(16)18)27-8-6-26(7-9-27)12-13-1-2-15-14(11-13)5-10-29-15/h1-4,11H,5-10,12H2. The van der Waals surface area contributed by atoms with E-state index in [9.17, 15) is 13.2 Å². The molecule has 1 aromatic carbocycles. The van der Waals surface area contributed by atoms with Crippen LogP contribution in [0.1, 0.15) is 17.0 Å². The molecule has 0 N–H and O–H groups in total. The Kier molecular flexibility index (Phi) is 4.30. The van der Waals surface area contributed by atoms with E-state index in [4.69, 9.17) is 4.74 Å². The minimum absolute atomic E-state index is 0.0836. The van der Waals surface area contributed by atoms with Gasteiger partial charge in [0.2, 0.25) is 0 Å². The average Bonchev–Trinajstić information content (AvgIpc) is 3.34. The number of fused-ring (bicyclic) bond motifs is 2. The number of rotatable bonds is 3. The predicted octanol–water partition coefficient (Wildman–Crippen LogP) is 2.40. The van der Waals surface area contributed by atoms with E-state index in [-0.39, 0.29) is 5.65 Å². The Bertz CT molecular complexity index is 1040. The van der Waals surface area contributed by atoms with Crippen molar-refractivity contribution < 1.29 is 17.9 Å². The number of hydrogen-bond acceptors (Lipinski definition) is 6. The van der Waals surface area contributed by atoms with Gasteiger partial charge in [-0.2, -0.15) is 17.7 Å². The lowest BCUT2D eigenvalue weighted by Crippen LogP contribution is -2.46. The molecule has 0 unspecified atom stereocenters. The lowest BCUT2D eigenvalue weighted by atomic mass is 10.1. The van der Waals surface area contributed by atoms with Crippen molar-refractivity contribution in [3.63, 3.8) is 0 Å². The highest BCUT2D eigenvalue weighted by Gasteiger charge is 2.37. The van der Waals surface area contributed by atoms with E-state index >= 15 is 0 Å². The fourth-order valence-corrected chi connectivity index (χ4v) is 3.86. The molecule has 5 rings (SSSR count). The maximum absolute atomic E-state index is 13.1. The van der Waals surface area contributed by atoms with Crippen molar-refractivity contribution in [2.45, 2.75) is 19.1 Å². The zero-order valence-corrected chi connectivity index (χ0v) is 15.6. The first kappa shape index (κ1) is 18.2. The van der Waals surface area contributed by atoms with Crippen LogP contribution in [0.2, 0.25) is 0 Å². The average molecular weight is 404 g/mol. The van der Waals surface area contributed by atoms with E-state index < -0.39 is 12.0 Å². The third-order valence-corrected chi connectivity index (χ3v) is 5.36. The number of ether oxygens (including phenoxy) is 1. The Morgan fingerprint density at radius 1 is 1.00 bits per heavy atom. The summed E-state index contributed by atoms with van der Waals surface area (Å²) in [7, 11) is 0. The molecule has 10 heteroatoms. The molecular formula is C19H19F3N6O. The zero-order chi connectivity index (χ0) is 20.0. The molecule has 2 aliphatic rings. The predicted molar refractivity (Wildman–Crippen MR) is 98.9 cm³/mol. The number of hydrogen-bond donors (Lipinski definition) is 0. The molecule has 4 heterocycles. The Morgan fingerprint density at radius 2 is 1.83 bits per heavy atom. The lowest BCUT2D eigenvalue weighted by molar-refractivity contribution is -0.146. The van der Waals surface area contributed by atoms with Gasteiger partial charge in [-0.1, -0.05) is 12.1 Å². The van der Waals surface area contributed by atoms with Crippen molar-refractivity contribution in [2.24, 2.45) is 0 Å². The first-order valence-electron chi connectivity index (χ1n) is 9.49. The Morgan fingerprint density at radius 3 is 2.62 bits per heavy atom. The second kappa shape index (κ2) is 6.87. The van der Waals surface area contributed by atoms with Gasteiger partial charge in [0, 0.05) is 39.1 Å². The molecule has 0 amide bonds. The van der Waals surface area contributed by atoms with Crippen molar-refractivity contribution in [1.29, 1.82) is 0 Å². The molecule has 0 saturated carbocycles. The van der Waals surface area contributed by atoms with E-state index in [1.165, 1.54) is 17.2 Å². The second-order valence-electron chi connectivity index (χ2n) is 7.29. The van der Waals surface area contributed by atoms with Crippen LogP contribution in [0.15, 0.2) is 30.3 Å². The molecule has 0 atom stereocenters. The van der Waals surface area contributed by atoms with E-state index in [1.807, 2.05) is 11.0 Å². The Labute approximate surface area is 164 Å². The van der Waals surface area contributed by atoms with Gasteiger partial charge in [0.05, 0.1) is 6.61 Å². The largest absolute Gasteiger partial charge is 0.493 e. The minimum Gasteiger partial charge on any atom is -0.493 e. The van der Waals surface area contributed by atoms with Gasteiger partial charge in [-0.3, -0.25) is 4.90 Å². The highest BCUT2D eigenvalue weighted by molar-refractivity contribution is 5.46. The summed E-state index contributed by atoms with van der Waals surface area (Å²) in [5, 5.41) is 10.9. The summed E-state index contributed by atoms with van der Waals surface area (Å²) >= 11 is 0. The molecule has 0 radical (unpaired) electrons. The van der Waals surface area contributed by atoms with Gasteiger partial charge in [0.1, 0.15) is 11.6 Å². The summed E-state index contributed by atoms with van der Waals surface area (Å²) in [4.78, 5) is 4.33. The van der Waals surface area contributed by atoms with Crippen LogP contribution >= 0.6 is 0 Å². The molecule has 1 saturated heterocycles. The van der Waals surface area contributed by atoms with Crippen molar-refractivity contribution >= 4 is 11.5 Å². The Hall–Kier alpha value is -2.88. The highest BCUT2D eigenvalue weighted by Crippen LogP contribution is 2.28. The van der Waals surface area contributed by atoms with Crippen LogP contribution in [0, 0.1) is 0 Å². The quantitative estimate of drug-likeness (QED) is 0.668. The van der Waals surface area contributed by atoms with Gasteiger partial charge in [0.25, 0.3) is 5.82 Å². The molecule has 0 aliphatic carbocycles. The molecule has 0 bridgehead atoms. The maximum atomic E-state index is 13.1. The third-order valence-electron chi connectivity index (χ3n) is 5.36. The van der Waals surface area contributed by atoms with Crippen LogP contribution in [-0.4, -0.2) is 57.5 Å². The van der Waals surface area contributed by atoms with Crippen molar-refractivity contribution in [1.82, 2.24) is 24.7 Å². The topological polar surface area (TPSA) is 58.8 Å². The first-order chi connectivity index (χ1) is 14.0. The van der Waals surface area contributed by atoms with Crippen LogP contribution in [0.5, 0.6) is 5.75 Å². The number of benzene rings is 1. The second-order valence-corrected chi connectivity index (χ2v) is 7.29. The third kappa shape index (κ3) is 3.48. The molecule has 7 nitrogen and oxygen atoms in total. The number of halogens is 3. The fourth-order valence-electron chi connectivity index (χ4n) is 3.86. The molecule has 152 valence electrons. The molecule has 3 aromatic rings. The minimum atomic E-state index is -4.59. The van der Waals surface area contributed by atoms with Crippen molar-refractivity contribution in [2.75, 3.05) is 37.7 Å². The normalized spacial score (nSPS) is 17.6. The van der Waals surface area contributed by atoms with Crippen molar-refractivity contribution in [3.8, 4) is 5.75 Å². The van der Waals surface area contributed by atoms with Crippen LogP contribution in [-0.2, 0) is 19.1 Å². The smallest absolute Gasteiger partial charge is 0.453 e. The summed E-state index contributed by atoms with van der Waals surface area (Å²) in [6.07, 6.45) is -3.64. The number of anilines is 1. The van der Waals surface area contributed by atoms with E-state index in [0.717, 1.165) is 42.9 Å². The van der Waals surface area contributed by atoms with E-state index in [0.29, 0.717) is 18.9 Å². The van der Waals surface area contributed by atoms with E-state index in [2.05, 4.69) is 32.3 Å². The SMILES string of the molecule is FC(F)(F)c1nnc2ccc(N3CCN(Cc4ccc5c(c4)CCO5)CC3)nn12. The molecule has 0 spiro atoms. The number of nitrogens with zero attached hydrogens (tertiary/aromatic N) is 6. The molecule has 1 fully saturated rings. The fraction of sp³-hybridized carbons (Fsp3) is 0.421. The number of aromatic nitrogens is 4. The number of piperazine rings is 1. The molecule has 29 heavy (non-hydrogen) atoms. The maximum Gasteiger partial charge on any atom is 0.453 e. The molecular weight excluding hydrogens is 385 g/mol. The van der Waals surface area contributed by atoms with Gasteiger partial charge in [-0.25, -0.2) is 0 Å². The summed E-state index contributed by atoms with van der Waals surface area (Å²) in [6, 6.07) is 9.54. The van der Waals surface area contributed by atoms with Gasteiger partial charge in [-0.05, 0) is 29.3 Å². The monoisotopic (exact) mass is 404 g/mol. The molecule has 2 aliphatic heterocycles. The summed E-state index contributed by atoms with van der Waals surface area (Å²) in [6.45, 7) is 4.59. The highest BCUT2D eigenvalue weighted by atomic mass is 19.4. The van der Waals surface area contributed by atoms with Crippen LogP contribution in [0.4, 0.5) is 19.0 Å². The summed E-state index contributed by atoms with van der Waals surface area (Å²) in [5.74, 6) is 0.373. The van der Waals surface area contributed by atoms with Gasteiger partial charge in [0.15, 0.2) is 5.65 Å². The van der Waals surface area contributed by atoms with Crippen LogP contribution < -0.4 is 9.64 Å². The summed E-state index contributed by atoms with van der Waals surface area (Å²) < 4.78 is 45.5. The first-order valence-corrected chi connectivity index (χ1v) is 9.49. The van der Waals surface area contributed by atoms with Gasteiger partial charge in [-0.15, -0.1) is 15.3 Å². The van der Waals surface area contributed by atoms with E-state index in [1.54, 1.807) is 6.07 Å². The lowest BCUT2D eigenvalue weighted by Gasteiger charge is -2.35. The van der Waals surface area contributed by atoms with Crippen LogP contribution in [0.3, 0.4) is 0 Å². The molecule has 2 aromatic heterocycles. The zero-order valence-electron chi connectivity index (χ0n) is 15.6. The summed E-state index contributed by atoms with van der Waals surface area (Å²) in [5.41, 5.74) is 2.59. The van der Waals surface area contributed by atoms with Crippen molar-refractivity contribution in [3.05, 3.63) is 47.3 Å². The Balaban J connectivity index is 1.27. The number of alkyl halides is 3.